The Morgan fingerprint density at radius 2 is 1.89 bits per heavy atom. The Morgan fingerprint density at radius 3 is 2.63 bits per heavy atom. The maximum Gasteiger partial charge on any atom is 0.573 e. The molecule has 0 bridgehead atoms. The summed E-state index contributed by atoms with van der Waals surface area (Å²) in [5.41, 5.74) is 6.91. The van der Waals surface area contributed by atoms with Gasteiger partial charge in [-0.25, -0.2) is 4.98 Å². The summed E-state index contributed by atoms with van der Waals surface area (Å²) in [4.78, 5) is 6.30. The summed E-state index contributed by atoms with van der Waals surface area (Å²) < 4.78 is 42.0. The molecule has 0 aliphatic carbocycles. The molecule has 138 valence electrons. The van der Waals surface area contributed by atoms with Gasteiger partial charge in [0.05, 0.1) is 15.7 Å². The maximum absolute atomic E-state index is 12.3. The van der Waals surface area contributed by atoms with Gasteiger partial charge in [0, 0.05) is 24.0 Å². The number of aromatic nitrogens is 1. The van der Waals surface area contributed by atoms with Gasteiger partial charge in [0.1, 0.15) is 5.75 Å². The fraction of sp³-hybridized carbons (Fsp3) is 0.150. The summed E-state index contributed by atoms with van der Waals surface area (Å²) in [5.74, 6) is -0.227. The van der Waals surface area contributed by atoms with Crippen LogP contribution in [-0.2, 0) is 0 Å². The van der Waals surface area contributed by atoms with E-state index in [1.165, 1.54) is 12.1 Å². The molecular weight excluding hydrogens is 373 g/mol. The SMILES string of the molecule is CC1=CCN(c2ccc(OC(F)(F)F)cc2)C=C1c1ccc2ncsc2c1. The Balaban J connectivity index is 1.62. The summed E-state index contributed by atoms with van der Waals surface area (Å²) in [7, 11) is 0. The number of allylic oxidation sites excluding steroid dienone is 2. The van der Waals surface area contributed by atoms with Crippen LogP contribution < -0.4 is 9.64 Å². The Kier molecular flexibility index (Phi) is 4.39. The predicted octanol–water partition coefficient (Wildman–Crippen LogP) is 6.00. The minimum Gasteiger partial charge on any atom is -0.406 e. The van der Waals surface area contributed by atoms with Crippen molar-refractivity contribution >= 4 is 32.8 Å². The maximum atomic E-state index is 12.3. The number of anilines is 1. The molecule has 0 amide bonds. The molecule has 1 aromatic heterocycles. The first kappa shape index (κ1) is 17.6. The number of halogens is 3. The Morgan fingerprint density at radius 1 is 1.11 bits per heavy atom. The normalized spacial score (nSPS) is 14.9. The Hall–Kier alpha value is -2.80. The van der Waals surface area contributed by atoms with Gasteiger partial charge in [-0.15, -0.1) is 24.5 Å². The molecule has 0 fully saturated rings. The average molecular weight is 388 g/mol. The fourth-order valence-electron chi connectivity index (χ4n) is 3.00. The highest BCUT2D eigenvalue weighted by Crippen LogP contribution is 2.32. The molecule has 0 radical (unpaired) electrons. The zero-order chi connectivity index (χ0) is 19.0. The van der Waals surface area contributed by atoms with Crippen molar-refractivity contribution in [2.75, 3.05) is 11.4 Å². The van der Waals surface area contributed by atoms with Crippen molar-refractivity contribution in [2.45, 2.75) is 13.3 Å². The topological polar surface area (TPSA) is 25.4 Å². The van der Waals surface area contributed by atoms with E-state index in [0.29, 0.717) is 6.54 Å². The molecule has 1 aliphatic heterocycles. The summed E-state index contributed by atoms with van der Waals surface area (Å²) >= 11 is 1.59. The molecule has 27 heavy (non-hydrogen) atoms. The van der Waals surface area contributed by atoms with E-state index in [-0.39, 0.29) is 5.75 Å². The highest BCUT2D eigenvalue weighted by molar-refractivity contribution is 7.16. The minimum atomic E-state index is -4.69. The van der Waals surface area contributed by atoms with Crippen molar-refractivity contribution in [3.8, 4) is 5.75 Å². The van der Waals surface area contributed by atoms with Gasteiger partial charge in [0.2, 0.25) is 0 Å². The molecule has 3 aromatic rings. The van der Waals surface area contributed by atoms with Crippen molar-refractivity contribution < 1.29 is 17.9 Å². The van der Waals surface area contributed by atoms with Gasteiger partial charge in [-0.05, 0) is 54.5 Å². The van der Waals surface area contributed by atoms with Crippen LogP contribution in [0, 0.1) is 0 Å². The van der Waals surface area contributed by atoms with Crippen LogP contribution in [0.1, 0.15) is 12.5 Å². The quantitative estimate of drug-likeness (QED) is 0.550. The van der Waals surface area contributed by atoms with Crippen LogP contribution in [0.2, 0.25) is 0 Å². The second kappa shape index (κ2) is 6.74. The van der Waals surface area contributed by atoms with Gasteiger partial charge in [-0.2, -0.15) is 0 Å². The van der Waals surface area contributed by atoms with Crippen molar-refractivity contribution in [3.63, 3.8) is 0 Å². The van der Waals surface area contributed by atoms with Gasteiger partial charge in [-0.3, -0.25) is 0 Å². The van der Waals surface area contributed by atoms with Crippen LogP contribution in [0.4, 0.5) is 18.9 Å². The fourth-order valence-corrected chi connectivity index (χ4v) is 3.72. The number of ether oxygens (including phenoxy) is 1. The number of hydrogen-bond acceptors (Lipinski definition) is 4. The molecule has 2 aromatic carbocycles. The molecule has 0 saturated carbocycles. The first-order valence-electron chi connectivity index (χ1n) is 8.24. The third-order valence-corrected chi connectivity index (χ3v) is 5.14. The number of benzene rings is 2. The van der Waals surface area contributed by atoms with Crippen LogP contribution in [-0.4, -0.2) is 17.9 Å². The second-order valence-electron chi connectivity index (χ2n) is 6.16. The molecular formula is C20H15F3N2OS. The van der Waals surface area contributed by atoms with E-state index in [4.69, 9.17) is 0 Å². The number of fused-ring (bicyclic) bond motifs is 1. The highest BCUT2D eigenvalue weighted by atomic mass is 32.1. The number of hydrogen-bond donors (Lipinski definition) is 0. The van der Waals surface area contributed by atoms with E-state index in [9.17, 15) is 13.2 Å². The van der Waals surface area contributed by atoms with E-state index >= 15 is 0 Å². The van der Waals surface area contributed by atoms with Gasteiger partial charge in [0.25, 0.3) is 0 Å². The first-order chi connectivity index (χ1) is 12.9. The van der Waals surface area contributed by atoms with Crippen molar-refractivity contribution in [1.29, 1.82) is 0 Å². The lowest BCUT2D eigenvalue weighted by molar-refractivity contribution is -0.274. The largest absolute Gasteiger partial charge is 0.573 e. The Labute approximate surface area is 158 Å². The standard InChI is InChI=1S/C20H15F3N2OS/c1-13-8-9-25(15-3-5-16(6-4-15)26-20(21,22)23)11-17(13)14-2-7-18-19(10-14)27-12-24-18/h2-8,10-12H,9H2,1H3. The second-order valence-corrected chi connectivity index (χ2v) is 7.05. The number of nitrogens with zero attached hydrogens (tertiary/aromatic N) is 2. The zero-order valence-electron chi connectivity index (χ0n) is 14.3. The molecule has 3 nitrogen and oxygen atoms in total. The highest BCUT2D eigenvalue weighted by Gasteiger charge is 2.31. The lowest BCUT2D eigenvalue weighted by atomic mass is 9.97. The summed E-state index contributed by atoms with van der Waals surface area (Å²) in [5, 5.41) is 0. The van der Waals surface area contributed by atoms with E-state index < -0.39 is 6.36 Å². The molecule has 0 spiro atoms. The Bertz CT molecular complexity index is 1040. The van der Waals surface area contributed by atoms with Crippen LogP contribution >= 0.6 is 11.3 Å². The van der Waals surface area contributed by atoms with E-state index in [1.54, 1.807) is 23.5 Å². The predicted molar refractivity (Wildman–Crippen MR) is 102 cm³/mol. The van der Waals surface area contributed by atoms with Crippen LogP contribution in [0.15, 0.2) is 65.8 Å². The monoisotopic (exact) mass is 388 g/mol. The molecule has 2 heterocycles. The molecule has 0 unspecified atom stereocenters. The molecule has 7 heteroatoms. The molecule has 4 rings (SSSR count). The lowest BCUT2D eigenvalue weighted by Crippen LogP contribution is -2.20. The number of thiazole rings is 1. The van der Waals surface area contributed by atoms with Gasteiger partial charge < -0.3 is 9.64 Å². The van der Waals surface area contributed by atoms with Crippen molar-refractivity contribution in [3.05, 3.63) is 71.4 Å². The minimum absolute atomic E-state index is 0.227. The van der Waals surface area contributed by atoms with E-state index in [0.717, 1.165) is 32.6 Å². The zero-order valence-corrected chi connectivity index (χ0v) is 15.1. The van der Waals surface area contributed by atoms with Gasteiger partial charge in [0.15, 0.2) is 0 Å². The van der Waals surface area contributed by atoms with Crippen molar-refractivity contribution in [1.82, 2.24) is 4.98 Å². The molecule has 0 atom stereocenters. The van der Waals surface area contributed by atoms with E-state index in [2.05, 4.69) is 28.8 Å². The number of alkyl halides is 3. The third kappa shape index (κ3) is 3.83. The summed E-state index contributed by atoms with van der Waals surface area (Å²) in [6.45, 7) is 2.71. The van der Waals surface area contributed by atoms with Crippen LogP contribution in [0.3, 0.4) is 0 Å². The van der Waals surface area contributed by atoms with E-state index in [1.807, 2.05) is 28.7 Å². The van der Waals surface area contributed by atoms with Crippen LogP contribution in [0.5, 0.6) is 5.75 Å². The number of rotatable bonds is 3. The molecule has 1 aliphatic rings. The smallest absolute Gasteiger partial charge is 0.406 e. The van der Waals surface area contributed by atoms with Crippen molar-refractivity contribution in [2.24, 2.45) is 0 Å². The molecule has 0 N–H and O–H groups in total. The first-order valence-corrected chi connectivity index (χ1v) is 9.12. The summed E-state index contributed by atoms with van der Waals surface area (Å²) in [6, 6.07) is 12.0. The third-order valence-electron chi connectivity index (χ3n) is 4.35. The van der Waals surface area contributed by atoms with Gasteiger partial charge in [-0.1, -0.05) is 12.1 Å². The lowest BCUT2D eigenvalue weighted by Gasteiger charge is -2.26. The molecule has 0 saturated heterocycles. The summed E-state index contributed by atoms with van der Waals surface area (Å²) in [6.07, 6.45) is -0.557. The average Bonchev–Trinajstić information content (AvgIpc) is 3.09. The van der Waals surface area contributed by atoms with Crippen LogP contribution in [0.25, 0.3) is 15.8 Å². The van der Waals surface area contributed by atoms with Gasteiger partial charge >= 0.3 is 6.36 Å².